The van der Waals surface area contributed by atoms with Crippen molar-refractivity contribution in [3.05, 3.63) is 65.2 Å². The third-order valence-electron chi connectivity index (χ3n) is 4.67. The molecule has 0 radical (unpaired) electrons. The van der Waals surface area contributed by atoms with E-state index in [9.17, 15) is 10.1 Å². The number of carbonyl (C=O) groups is 1. The van der Waals surface area contributed by atoms with Gasteiger partial charge in [0.1, 0.15) is 6.07 Å². The third-order valence-corrected chi connectivity index (χ3v) is 4.67. The Labute approximate surface area is 162 Å². The summed E-state index contributed by atoms with van der Waals surface area (Å²) in [6, 6.07) is 17.5. The normalized spacial score (nSPS) is 13.0. The molecule has 0 aliphatic heterocycles. The van der Waals surface area contributed by atoms with Gasteiger partial charge in [-0.15, -0.1) is 0 Å². The van der Waals surface area contributed by atoms with Gasteiger partial charge in [0.25, 0.3) is 0 Å². The smallest absolute Gasteiger partial charge is 0.241 e. The molecule has 0 aliphatic carbocycles. The summed E-state index contributed by atoms with van der Waals surface area (Å²) in [5, 5.41) is 15.5. The number of anilines is 1. The van der Waals surface area contributed by atoms with Gasteiger partial charge in [0.2, 0.25) is 5.91 Å². The quantitative estimate of drug-likeness (QED) is 0.706. The highest BCUT2D eigenvalue weighted by Gasteiger charge is 2.22. The average molecular weight is 364 g/mol. The van der Waals surface area contributed by atoms with Crippen LogP contribution in [0.1, 0.15) is 56.8 Å². The molecule has 2 atom stereocenters. The van der Waals surface area contributed by atoms with Crippen LogP contribution >= 0.6 is 0 Å². The van der Waals surface area contributed by atoms with Crippen molar-refractivity contribution in [3.63, 3.8) is 0 Å². The zero-order valence-electron chi connectivity index (χ0n) is 16.6. The van der Waals surface area contributed by atoms with Crippen LogP contribution in [-0.2, 0) is 11.2 Å². The van der Waals surface area contributed by atoms with E-state index in [1.807, 2.05) is 13.0 Å². The zero-order chi connectivity index (χ0) is 19.8. The topological polar surface area (TPSA) is 64.9 Å². The number of rotatable bonds is 8. The minimum absolute atomic E-state index is 0.0765. The number of nitrogens with zero attached hydrogens (tertiary/aromatic N) is 1. The van der Waals surface area contributed by atoms with E-state index in [2.05, 4.69) is 61.7 Å². The van der Waals surface area contributed by atoms with Crippen LogP contribution < -0.4 is 10.6 Å². The fourth-order valence-electron chi connectivity index (χ4n) is 3.13. The third kappa shape index (κ3) is 5.67. The van der Waals surface area contributed by atoms with E-state index in [4.69, 9.17) is 0 Å². The fourth-order valence-corrected chi connectivity index (χ4v) is 3.13. The van der Waals surface area contributed by atoms with Gasteiger partial charge in [0, 0.05) is 6.04 Å². The molecule has 0 unspecified atom stereocenters. The van der Waals surface area contributed by atoms with E-state index >= 15 is 0 Å². The molecule has 0 saturated heterocycles. The molecule has 4 nitrogen and oxygen atoms in total. The number of carbonyl (C=O) groups excluding carboxylic acids is 1. The lowest BCUT2D eigenvalue weighted by Gasteiger charge is -2.27. The second-order valence-corrected chi connectivity index (χ2v) is 7.25. The second-order valence-electron chi connectivity index (χ2n) is 7.25. The monoisotopic (exact) mass is 363 g/mol. The first-order valence-corrected chi connectivity index (χ1v) is 9.61. The minimum atomic E-state index is -0.389. The number of nitriles is 1. The summed E-state index contributed by atoms with van der Waals surface area (Å²) in [7, 11) is 0. The van der Waals surface area contributed by atoms with Crippen LogP contribution in [-0.4, -0.2) is 11.9 Å². The van der Waals surface area contributed by atoms with Crippen molar-refractivity contribution >= 4 is 11.6 Å². The molecule has 0 spiro atoms. The predicted molar refractivity (Wildman–Crippen MR) is 110 cm³/mol. The molecule has 0 fully saturated rings. The molecule has 2 aromatic rings. The molecule has 0 heterocycles. The van der Waals surface area contributed by atoms with E-state index in [0.29, 0.717) is 17.2 Å². The van der Waals surface area contributed by atoms with Gasteiger partial charge >= 0.3 is 0 Å². The van der Waals surface area contributed by atoms with Crippen LogP contribution in [0.3, 0.4) is 0 Å². The van der Waals surface area contributed by atoms with E-state index in [1.165, 1.54) is 11.1 Å². The maximum atomic E-state index is 12.6. The molecule has 0 bridgehead atoms. The second kappa shape index (κ2) is 9.89. The molecule has 2 N–H and O–H groups in total. The summed E-state index contributed by atoms with van der Waals surface area (Å²) in [6.45, 7) is 8.32. The summed E-state index contributed by atoms with van der Waals surface area (Å²) in [5.41, 5.74) is 3.53. The highest BCUT2D eigenvalue weighted by Crippen LogP contribution is 2.23. The van der Waals surface area contributed by atoms with Gasteiger partial charge in [-0.2, -0.15) is 5.26 Å². The fraction of sp³-hybridized carbons (Fsp3) is 0.391. The van der Waals surface area contributed by atoms with Crippen LogP contribution in [0.25, 0.3) is 0 Å². The van der Waals surface area contributed by atoms with Gasteiger partial charge in [-0.05, 0) is 42.5 Å². The summed E-state index contributed by atoms with van der Waals surface area (Å²) in [6.07, 6.45) is 2.21. The van der Waals surface area contributed by atoms with Crippen molar-refractivity contribution in [2.45, 2.75) is 52.6 Å². The van der Waals surface area contributed by atoms with Crippen molar-refractivity contribution in [2.75, 3.05) is 5.32 Å². The molecule has 0 saturated carbocycles. The largest absolute Gasteiger partial charge is 0.324 e. The highest BCUT2D eigenvalue weighted by atomic mass is 16.2. The Hall–Kier alpha value is -2.64. The van der Waals surface area contributed by atoms with E-state index in [1.54, 1.807) is 18.2 Å². The van der Waals surface area contributed by atoms with Crippen molar-refractivity contribution in [1.29, 1.82) is 5.26 Å². The number of amides is 1. The van der Waals surface area contributed by atoms with Crippen molar-refractivity contribution < 1.29 is 4.79 Å². The van der Waals surface area contributed by atoms with Crippen LogP contribution in [0.4, 0.5) is 5.69 Å². The SMILES string of the molecule is CCCc1ccc([C@H](N[C@H](C)C(=O)Nc2ccccc2C#N)C(C)C)cc1. The molecule has 2 rings (SSSR count). The predicted octanol–water partition coefficient (Wildman–Crippen LogP) is 4.82. The van der Waals surface area contributed by atoms with Crippen LogP contribution in [0.2, 0.25) is 0 Å². The lowest BCUT2D eigenvalue weighted by molar-refractivity contribution is -0.118. The summed E-state index contributed by atoms with van der Waals surface area (Å²) >= 11 is 0. The molecule has 0 aromatic heterocycles. The first-order chi connectivity index (χ1) is 13.0. The number of aryl methyl sites for hydroxylation is 1. The Balaban J connectivity index is 2.08. The lowest BCUT2D eigenvalue weighted by Crippen LogP contribution is -2.41. The van der Waals surface area contributed by atoms with Crippen LogP contribution in [0, 0.1) is 17.2 Å². The number of para-hydroxylation sites is 1. The van der Waals surface area contributed by atoms with Gasteiger partial charge in [-0.1, -0.05) is 63.6 Å². The van der Waals surface area contributed by atoms with Gasteiger partial charge in [-0.25, -0.2) is 0 Å². The summed E-state index contributed by atoms with van der Waals surface area (Å²) in [5.74, 6) is 0.189. The van der Waals surface area contributed by atoms with Gasteiger partial charge in [0.15, 0.2) is 0 Å². The molecule has 4 heteroatoms. The number of hydrogen-bond acceptors (Lipinski definition) is 3. The Morgan fingerprint density at radius 2 is 1.74 bits per heavy atom. The molecule has 27 heavy (non-hydrogen) atoms. The molecular formula is C23H29N3O. The van der Waals surface area contributed by atoms with Crippen molar-refractivity contribution in [2.24, 2.45) is 5.92 Å². The molecule has 142 valence electrons. The molecule has 0 aliphatic rings. The molecule has 2 aromatic carbocycles. The maximum Gasteiger partial charge on any atom is 0.241 e. The van der Waals surface area contributed by atoms with Gasteiger partial charge in [0.05, 0.1) is 17.3 Å². The molecular weight excluding hydrogens is 334 g/mol. The summed E-state index contributed by atoms with van der Waals surface area (Å²) in [4.78, 5) is 12.6. The van der Waals surface area contributed by atoms with Crippen molar-refractivity contribution in [1.82, 2.24) is 5.32 Å². The first-order valence-electron chi connectivity index (χ1n) is 9.61. The van der Waals surface area contributed by atoms with E-state index in [-0.39, 0.29) is 18.0 Å². The van der Waals surface area contributed by atoms with E-state index in [0.717, 1.165) is 12.8 Å². The lowest BCUT2D eigenvalue weighted by atomic mass is 9.94. The van der Waals surface area contributed by atoms with Crippen molar-refractivity contribution in [3.8, 4) is 6.07 Å². The Morgan fingerprint density at radius 1 is 1.07 bits per heavy atom. The number of benzene rings is 2. The number of hydrogen-bond donors (Lipinski definition) is 2. The van der Waals surface area contributed by atoms with Gasteiger partial charge < -0.3 is 5.32 Å². The zero-order valence-corrected chi connectivity index (χ0v) is 16.6. The number of nitrogens with one attached hydrogen (secondary N) is 2. The minimum Gasteiger partial charge on any atom is -0.324 e. The Bertz CT molecular complexity index is 790. The van der Waals surface area contributed by atoms with E-state index < -0.39 is 0 Å². The Morgan fingerprint density at radius 3 is 2.33 bits per heavy atom. The van der Waals surface area contributed by atoms with Crippen LogP contribution in [0.15, 0.2) is 48.5 Å². The standard InChI is InChI=1S/C23H29N3O/c1-5-8-18-11-13-19(14-12-18)22(16(2)3)25-17(4)23(27)26-21-10-7-6-9-20(21)15-24/h6-7,9-14,16-17,22,25H,5,8H2,1-4H3,(H,26,27)/t17-,22-/m1/s1. The molecule has 1 amide bonds. The van der Waals surface area contributed by atoms with Crippen LogP contribution in [0.5, 0.6) is 0 Å². The van der Waals surface area contributed by atoms with Gasteiger partial charge in [-0.3, -0.25) is 10.1 Å². The first kappa shape index (κ1) is 20.7. The average Bonchev–Trinajstić information content (AvgIpc) is 2.67. The summed E-state index contributed by atoms with van der Waals surface area (Å²) < 4.78 is 0. The highest BCUT2D eigenvalue weighted by molar-refractivity contribution is 5.95. The Kier molecular flexibility index (Phi) is 7.57. The maximum absolute atomic E-state index is 12.6.